The maximum atomic E-state index is 13.0. The van der Waals surface area contributed by atoms with E-state index in [0.29, 0.717) is 30.5 Å². The number of amides is 2. The van der Waals surface area contributed by atoms with Crippen LogP contribution >= 0.6 is 0 Å². The number of hydrogen-bond donors (Lipinski definition) is 1. The molecule has 2 heterocycles. The minimum Gasteiger partial charge on any atom is -0.342 e. The van der Waals surface area contributed by atoms with Crippen LogP contribution in [0.4, 0.5) is 10.1 Å². The van der Waals surface area contributed by atoms with Crippen molar-refractivity contribution in [2.24, 2.45) is 0 Å². The third kappa shape index (κ3) is 5.14. The molecule has 0 aliphatic carbocycles. The first kappa shape index (κ1) is 20.7. The Morgan fingerprint density at radius 2 is 1.77 bits per heavy atom. The van der Waals surface area contributed by atoms with Gasteiger partial charge in [0.25, 0.3) is 0 Å². The largest absolute Gasteiger partial charge is 0.342 e. The number of benzene rings is 2. The standard InChI is InChI=1S/C23H23FN4O3/c1-15(29)25-20-8-4-17(5-9-20)22-26-23(31-27-22)18-10-12-28(13-11-18)21(30)14-16-2-6-19(24)7-3-16/h2-9,18H,10-14H2,1H3,(H,25,29). The smallest absolute Gasteiger partial charge is 0.230 e. The number of aromatic nitrogens is 2. The lowest BCUT2D eigenvalue weighted by Crippen LogP contribution is -2.38. The van der Waals surface area contributed by atoms with Crippen LogP contribution in [-0.4, -0.2) is 39.9 Å². The van der Waals surface area contributed by atoms with E-state index in [1.54, 1.807) is 24.3 Å². The van der Waals surface area contributed by atoms with Gasteiger partial charge in [-0.1, -0.05) is 17.3 Å². The van der Waals surface area contributed by atoms with Crippen molar-refractivity contribution in [3.8, 4) is 11.4 Å². The molecular weight excluding hydrogens is 399 g/mol. The number of likely N-dealkylation sites (tertiary alicyclic amines) is 1. The molecule has 7 nitrogen and oxygen atoms in total. The maximum absolute atomic E-state index is 13.0. The van der Waals surface area contributed by atoms with Crippen molar-refractivity contribution in [1.29, 1.82) is 0 Å². The topological polar surface area (TPSA) is 88.3 Å². The Labute approximate surface area is 179 Å². The molecule has 1 aliphatic heterocycles. The third-order valence-corrected chi connectivity index (χ3v) is 5.37. The fourth-order valence-electron chi connectivity index (χ4n) is 3.69. The summed E-state index contributed by atoms with van der Waals surface area (Å²) in [7, 11) is 0. The van der Waals surface area contributed by atoms with Crippen LogP contribution in [0.25, 0.3) is 11.4 Å². The van der Waals surface area contributed by atoms with Gasteiger partial charge in [-0.3, -0.25) is 9.59 Å². The second-order valence-corrected chi connectivity index (χ2v) is 7.67. The van der Waals surface area contributed by atoms with Gasteiger partial charge in [0.2, 0.25) is 23.5 Å². The molecule has 2 aromatic carbocycles. The van der Waals surface area contributed by atoms with Gasteiger partial charge in [0.05, 0.1) is 6.42 Å². The van der Waals surface area contributed by atoms with Gasteiger partial charge in [-0.2, -0.15) is 4.98 Å². The van der Waals surface area contributed by atoms with Crippen molar-refractivity contribution >= 4 is 17.5 Å². The first-order valence-electron chi connectivity index (χ1n) is 10.2. The van der Waals surface area contributed by atoms with Crippen molar-refractivity contribution in [3.63, 3.8) is 0 Å². The fourth-order valence-corrected chi connectivity index (χ4v) is 3.69. The molecule has 0 spiro atoms. The second-order valence-electron chi connectivity index (χ2n) is 7.67. The Morgan fingerprint density at radius 3 is 2.42 bits per heavy atom. The molecule has 1 saturated heterocycles. The summed E-state index contributed by atoms with van der Waals surface area (Å²) < 4.78 is 18.5. The number of anilines is 1. The quantitative estimate of drug-likeness (QED) is 0.676. The Morgan fingerprint density at radius 1 is 1.10 bits per heavy atom. The number of halogens is 1. The van der Waals surface area contributed by atoms with Crippen LogP contribution in [0.3, 0.4) is 0 Å². The molecule has 1 aromatic heterocycles. The SMILES string of the molecule is CC(=O)Nc1ccc(-c2noc(C3CCN(C(=O)Cc4ccc(F)cc4)CC3)n2)cc1. The minimum atomic E-state index is -0.306. The molecule has 0 atom stereocenters. The van der Waals surface area contributed by atoms with E-state index in [2.05, 4.69) is 15.5 Å². The minimum absolute atomic E-state index is 0.0375. The second kappa shape index (κ2) is 9.07. The molecule has 1 aliphatic rings. The van der Waals surface area contributed by atoms with E-state index in [1.807, 2.05) is 17.0 Å². The highest BCUT2D eigenvalue weighted by atomic mass is 19.1. The van der Waals surface area contributed by atoms with E-state index in [4.69, 9.17) is 4.52 Å². The molecule has 0 saturated carbocycles. The summed E-state index contributed by atoms with van der Waals surface area (Å²) in [6.45, 7) is 2.70. The average Bonchev–Trinajstić information content (AvgIpc) is 3.26. The third-order valence-electron chi connectivity index (χ3n) is 5.37. The first-order valence-corrected chi connectivity index (χ1v) is 10.2. The van der Waals surface area contributed by atoms with Crippen LogP contribution in [0, 0.1) is 5.82 Å². The molecule has 31 heavy (non-hydrogen) atoms. The summed E-state index contributed by atoms with van der Waals surface area (Å²) in [5.74, 6) is 0.785. The van der Waals surface area contributed by atoms with Crippen molar-refractivity contribution in [2.75, 3.05) is 18.4 Å². The van der Waals surface area contributed by atoms with E-state index >= 15 is 0 Å². The average molecular weight is 422 g/mol. The van der Waals surface area contributed by atoms with Crippen LogP contribution in [0.5, 0.6) is 0 Å². The van der Waals surface area contributed by atoms with Gasteiger partial charge in [-0.05, 0) is 54.8 Å². The van der Waals surface area contributed by atoms with Gasteiger partial charge in [0.1, 0.15) is 5.82 Å². The van der Waals surface area contributed by atoms with E-state index in [1.165, 1.54) is 19.1 Å². The lowest BCUT2D eigenvalue weighted by atomic mass is 9.96. The molecule has 0 radical (unpaired) electrons. The van der Waals surface area contributed by atoms with Crippen LogP contribution < -0.4 is 5.32 Å². The highest BCUT2D eigenvalue weighted by Gasteiger charge is 2.27. The van der Waals surface area contributed by atoms with Gasteiger partial charge >= 0.3 is 0 Å². The number of piperidine rings is 1. The van der Waals surface area contributed by atoms with E-state index in [-0.39, 0.29) is 30.0 Å². The molecule has 0 unspecified atom stereocenters. The summed E-state index contributed by atoms with van der Waals surface area (Å²) in [5, 5.41) is 6.80. The number of nitrogens with one attached hydrogen (secondary N) is 1. The molecule has 1 fully saturated rings. The van der Waals surface area contributed by atoms with E-state index < -0.39 is 0 Å². The normalized spacial score (nSPS) is 14.5. The molecular formula is C23H23FN4O3. The van der Waals surface area contributed by atoms with Crippen LogP contribution in [-0.2, 0) is 16.0 Å². The Kier molecular flexibility index (Phi) is 6.06. The predicted octanol–water partition coefficient (Wildman–Crippen LogP) is 3.78. The lowest BCUT2D eigenvalue weighted by Gasteiger charge is -2.30. The van der Waals surface area contributed by atoms with Gasteiger partial charge in [-0.15, -0.1) is 0 Å². The first-order chi connectivity index (χ1) is 15.0. The molecule has 1 N–H and O–H groups in total. The monoisotopic (exact) mass is 422 g/mol. The van der Waals surface area contributed by atoms with Gasteiger partial charge in [-0.25, -0.2) is 4.39 Å². The molecule has 160 valence electrons. The van der Waals surface area contributed by atoms with Crippen molar-refractivity contribution in [1.82, 2.24) is 15.0 Å². The Hall–Kier alpha value is -3.55. The zero-order valence-electron chi connectivity index (χ0n) is 17.2. The van der Waals surface area contributed by atoms with Crippen LogP contribution in [0.1, 0.15) is 37.1 Å². The summed E-state index contributed by atoms with van der Waals surface area (Å²) in [6, 6.07) is 13.3. The van der Waals surface area contributed by atoms with E-state index in [9.17, 15) is 14.0 Å². The predicted molar refractivity (Wildman–Crippen MR) is 113 cm³/mol. The molecule has 0 bridgehead atoms. The highest BCUT2D eigenvalue weighted by molar-refractivity contribution is 5.88. The summed E-state index contributed by atoms with van der Waals surface area (Å²) in [6.07, 6.45) is 1.76. The Bertz CT molecular complexity index is 1060. The Balaban J connectivity index is 1.33. The molecule has 4 rings (SSSR count). The van der Waals surface area contributed by atoms with Crippen molar-refractivity contribution < 1.29 is 18.5 Å². The number of hydrogen-bond acceptors (Lipinski definition) is 5. The van der Waals surface area contributed by atoms with Gasteiger partial charge in [0.15, 0.2) is 0 Å². The lowest BCUT2D eigenvalue weighted by molar-refractivity contribution is -0.131. The van der Waals surface area contributed by atoms with Crippen LogP contribution in [0.15, 0.2) is 53.1 Å². The molecule has 3 aromatic rings. The number of nitrogens with zero attached hydrogens (tertiary/aromatic N) is 3. The summed E-state index contributed by atoms with van der Waals surface area (Å²) in [5.41, 5.74) is 2.31. The number of carbonyl (C=O) groups excluding carboxylic acids is 2. The zero-order chi connectivity index (χ0) is 21.8. The summed E-state index contributed by atoms with van der Waals surface area (Å²) in [4.78, 5) is 30.0. The van der Waals surface area contributed by atoms with E-state index in [0.717, 1.165) is 24.0 Å². The zero-order valence-corrected chi connectivity index (χ0v) is 17.2. The van der Waals surface area contributed by atoms with Crippen molar-refractivity contribution in [2.45, 2.75) is 32.1 Å². The van der Waals surface area contributed by atoms with Crippen LogP contribution in [0.2, 0.25) is 0 Å². The van der Waals surface area contributed by atoms with Gasteiger partial charge in [0, 0.05) is 37.2 Å². The van der Waals surface area contributed by atoms with Gasteiger partial charge < -0.3 is 14.7 Å². The molecule has 2 amide bonds. The van der Waals surface area contributed by atoms with Crippen molar-refractivity contribution in [3.05, 3.63) is 65.8 Å². The number of rotatable bonds is 5. The highest BCUT2D eigenvalue weighted by Crippen LogP contribution is 2.29. The summed E-state index contributed by atoms with van der Waals surface area (Å²) >= 11 is 0. The number of carbonyl (C=O) groups is 2. The fraction of sp³-hybridized carbons (Fsp3) is 0.304. The maximum Gasteiger partial charge on any atom is 0.230 e. The molecule has 8 heteroatoms.